The Morgan fingerprint density at radius 2 is 1.88 bits per heavy atom. The number of rotatable bonds is 4. The summed E-state index contributed by atoms with van der Waals surface area (Å²) in [5.74, 6) is -0.278. The van der Waals surface area contributed by atoms with E-state index in [0.717, 1.165) is 48.7 Å². The fraction of sp³-hybridized carbons (Fsp3) is 0.444. The Hall–Kier alpha value is -2.54. The van der Waals surface area contributed by atoms with E-state index < -0.39 is 5.97 Å². The molecule has 0 radical (unpaired) electrons. The minimum atomic E-state index is -1.02. The maximum atomic E-state index is 11.5. The summed E-state index contributed by atoms with van der Waals surface area (Å²) in [4.78, 5) is 22.4. The molecule has 25 heavy (non-hydrogen) atoms. The second-order valence-corrected chi connectivity index (χ2v) is 6.56. The van der Waals surface area contributed by atoms with Gasteiger partial charge in [0.1, 0.15) is 5.75 Å². The molecule has 0 spiro atoms. The highest BCUT2D eigenvalue weighted by molar-refractivity contribution is 6.03. The van der Waals surface area contributed by atoms with Gasteiger partial charge in [-0.05, 0) is 19.2 Å². The fourth-order valence-corrected chi connectivity index (χ4v) is 3.15. The van der Waals surface area contributed by atoms with Gasteiger partial charge in [0.05, 0.1) is 18.3 Å². The van der Waals surface area contributed by atoms with Gasteiger partial charge in [-0.1, -0.05) is 0 Å². The van der Waals surface area contributed by atoms with Gasteiger partial charge in [0, 0.05) is 57.4 Å². The number of anilines is 2. The zero-order valence-electron chi connectivity index (χ0n) is 15.1. The zero-order chi connectivity index (χ0) is 18.1. The van der Waals surface area contributed by atoms with Crippen molar-refractivity contribution in [1.29, 1.82) is 0 Å². The first-order valence-corrected chi connectivity index (χ1v) is 8.27. The third-order valence-electron chi connectivity index (χ3n) is 4.63. The summed E-state index contributed by atoms with van der Waals surface area (Å²) < 4.78 is 5.49. The molecule has 0 amide bonds. The van der Waals surface area contributed by atoms with Crippen molar-refractivity contribution in [3.63, 3.8) is 0 Å². The topological polar surface area (TPSA) is 69.1 Å². The van der Waals surface area contributed by atoms with Gasteiger partial charge < -0.3 is 24.5 Å². The molecular weight excluding hydrogens is 320 g/mol. The van der Waals surface area contributed by atoms with E-state index in [4.69, 9.17) is 4.74 Å². The average molecular weight is 344 g/mol. The van der Waals surface area contributed by atoms with E-state index in [1.807, 2.05) is 31.1 Å². The minimum absolute atomic E-state index is 0.0525. The lowest BCUT2D eigenvalue weighted by Gasteiger charge is -2.34. The average Bonchev–Trinajstić information content (AvgIpc) is 2.60. The second-order valence-electron chi connectivity index (χ2n) is 6.56. The number of benzene rings is 1. The van der Waals surface area contributed by atoms with Gasteiger partial charge in [-0.15, -0.1) is 0 Å². The first-order chi connectivity index (χ1) is 11.9. The number of carbonyl (C=O) groups is 1. The number of hydrogen-bond acceptors (Lipinski definition) is 6. The maximum Gasteiger partial charge on any atom is 0.354 e. The number of fused-ring (bicyclic) bond motifs is 1. The number of carboxylic acids is 1. The van der Waals surface area contributed by atoms with Gasteiger partial charge in [0.15, 0.2) is 5.69 Å². The maximum absolute atomic E-state index is 11.5. The summed E-state index contributed by atoms with van der Waals surface area (Å²) >= 11 is 0. The Bertz CT molecular complexity index is 798. The molecule has 1 fully saturated rings. The monoisotopic (exact) mass is 344 g/mol. The summed E-state index contributed by atoms with van der Waals surface area (Å²) in [7, 11) is 7.54. The van der Waals surface area contributed by atoms with Crippen molar-refractivity contribution in [2.24, 2.45) is 0 Å². The van der Waals surface area contributed by atoms with Crippen LogP contribution in [0.1, 0.15) is 10.5 Å². The molecule has 1 N–H and O–H groups in total. The van der Waals surface area contributed by atoms with Crippen molar-refractivity contribution in [3.05, 3.63) is 23.9 Å². The quantitative estimate of drug-likeness (QED) is 0.906. The number of ether oxygens (including phenoxy) is 1. The predicted octanol–water partition coefficient (Wildman–Crippen LogP) is 1.76. The summed E-state index contributed by atoms with van der Waals surface area (Å²) in [5.41, 5.74) is 2.50. The Morgan fingerprint density at radius 3 is 2.44 bits per heavy atom. The van der Waals surface area contributed by atoms with E-state index in [2.05, 4.69) is 21.8 Å². The Morgan fingerprint density at radius 1 is 1.20 bits per heavy atom. The van der Waals surface area contributed by atoms with E-state index in [1.54, 1.807) is 13.2 Å². The number of nitrogens with zero attached hydrogens (tertiary/aromatic N) is 4. The highest BCUT2D eigenvalue weighted by atomic mass is 16.5. The molecule has 7 nitrogen and oxygen atoms in total. The van der Waals surface area contributed by atoms with Crippen LogP contribution in [0, 0.1) is 0 Å². The molecule has 2 aromatic rings. The van der Waals surface area contributed by atoms with Crippen molar-refractivity contribution in [2.75, 3.05) is 64.2 Å². The van der Waals surface area contributed by atoms with Crippen LogP contribution in [-0.2, 0) is 0 Å². The van der Waals surface area contributed by atoms with Crippen molar-refractivity contribution in [1.82, 2.24) is 9.88 Å². The van der Waals surface area contributed by atoms with E-state index in [9.17, 15) is 9.90 Å². The lowest BCUT2D eigenvalue weighted by atomic mass is 10.1. The van der Waals surface area contributed by atoms with Crippen LogP contribution in [0.5, 0.6) is 5.75 Å². The number of aromatic nitrogens is 1. The summed E-state index contributed by atoms with van der Waals surface area (Å²) in [5, 5.41) is 10.4. The molecule has 3 rings (SSSR count). The number of piperazine rings is 1. The molecule has 0 atom stereocenters. The molecule has 0 aliphatic carbocycles. The molecule has 0 saturated carbocycles. The van der Waals surface area contributed by atoms with Crippen molar-refractivity contribution in [2.45, 2.75) is 0 Å². The van der Waals surface area contributed by atoms with E-state index in [1.165, 1.54) is 0 Å². The fourth-order valence-electron chi connectivity index (χ4n) is 3.15. The second kappa shape index (κ2) is 6.76. The third kappa shape index (κ3) is 3.32. The van der Waals surface area contributed by atoms with Crippen LogP contribution in [0.15, 0.2) is 18.2 Å². The van der Waals surface area contributed by atoms with Gasteiger partial charge in [0.2, 0.25) is 0 Å². The van der Waals surface area contributed by atoms with Crippen LogP contribution in [0.4, 0.5) is 11.4 Å². The molecule has 7 heteroatoms. The molecule has 0 unspecified atom stereocenters. The summed E-state index contributed by atoms with van der Waals surface area (Å²) in [6.07, 6.45) is 0. The molecule has 2 heterocycles. The Balaban J connectivity index is 2.25. The third-order valence-corrected chi connectivity index (χ3v) is 4.63. The Kier molecular flexibility index (Phi) is 4.67. The normalized spacial score (nSPS) is 15.4. The van der Waals surface area contributed by atoms with E-state index >= 15 is 0 Å². The van der Waals surface area contributed by atoms with Gasteiger partial charge in [-0.2, -0.15) is 0 Å². The summed E-state index contributed by atoms with van der Waals surface area (Å²) in [6.45, 7) is 3.65. The van der Waals surface area contributed by atoms with Crippen LogP contribution in [0.2, 0.25) is 0 Å². The van der Waals surface area contributed by atoms with E-state index in [0.29, 0.717) is 5.52 Å². The zero-order valence-corrected chi connectivity index (χ0v) is 15.1. The van der Waals surface area contributed by atoms with Gasteiger partial charge in [0.25, 0.3) is 0 Å². The van der Waals surface area contributed by atoms with Gasteiger partial charge in [-0.3, -0.25) is 0 Å². The highest BCUT2D eigenvalue weighted by Crippen LogP contribution is 2.36. The van der Waals surface area contributed by atoms with Gasteiger partial charge in [-0.25, -0.2) is 9.78 Å². The smallest absolute Gasteiger partial charge is 0.354 e. The van der Waals surface area contributed by atoms with Crippen molar-refractivity contribution >= 4 is 28.2 Å². The molecule has 1 aromatic carbocycles. The lowest BCUT2D eigenvalue weighted by Crippen LogP contribution is -2.44. The predicted molar refractivity (Wildman–Crippen MR) is 99.3 cm³/mol. The molecule has 134 valence electrons. The number of carboxylic acid groups (broad SMARTS) is 1. The Labute approximate surface area is 147 Å². The number of hydrogen-bond donors (Lipinski definition) is 1. The first kappa shape index (κ1) is 17.3. The summed E-state index contributed by atoms with van der Waals surface area (Å²) in [6, 6.07) is 5.48. The van der Waals surface area contributed by atoms with Crippen LogP contribution in [0.25, 0.3) is 10.9 Å². The van der Waals surface area contributed by atoms with Crippen LogP contribution in [0.3, 0.4) is 0 Å². The van der Waals surface area contributed by atoms with Crippen LogP contribution in [-0.4, -0.2) is 75.4 Å². The minimum Gasteiger partial charge on any atom is -0.497 e. The number of likely N-dealkylation sites (N-methyl/N-ethyl adjacent to an activating group) is 1. The largest absolute Gasteiger partial charge is 0.497 e. The van der Waals surface area contributed by atoms with Crippen molar-refractivity contribution < 1.29 is 14.6 Å². The molecular formula is C18H24N4O3. The number of methoxy groups -OCH3 is 1. The SMILES string of the molecule is COc1cc(N2CCN(C)CC2)c2nc(C(=O)O)cc(N(C)C)c2c1. The van der Waals surface area contributed by atoms with Gasteiger partial charge >= 0.3 is 5.97 Å². The molecule has 1 aromatic heterocycles. The standard InChI is InChI=1S/C18H24N4O3/c1-20(2)15-11-14(18(23)24)19-17-13(15)9-12(25-4)10-16(17)22-7-5-21(3)6-8-22/h9-11H,5-8H2,1-4H3,(H,23,24). The lowest BCUT2D eigenvalue weighted by molar-refractivity contribution is 0.0691. The molecule has 1 aliphatic heterocycles. The molecule has 0 bridgehead atoms. The van der Waals surface area contributed by atoms with E-state index in [-0.39, 0.29) is 5.69 Å². The highest BCUT2D eigenvalue weighted by Gasteiger charge is 2.21. The number of aromatic carboxylic acids is 1. The molecule has 1 saturated heterocycles. The number of pyridine rings is 1. The van der Waals surface area contributed by atoms with Crippen LogP contribution >= 0.6 is 0 Å². The molecule has 1 aliphatic rings. The van der Waals surface area contributed by atoms with Crippen LogP contribution < -0.4 is 14.5 Å². The van der Waals surface area contributed by atoms with Crippen molar-refractivity contribution in [3.8, 4) is 5.75 Å². The first-order valence-electron chi connectivity index (χ1n) is 8.27.